The summed E-state index contributed by atoms with van der Waals surface area (Å²) in [6, 6.07) is 15.3. The molecule has 1 saturated carbocycles. The minimum Gasteiger partial charge on any atom is -0.392 e. The van der Waals surface area contributed by atoms with Crippen LogP contribution in [0.4, 0.5) is 23.0 Å². The molecule has 2 atom stereocenters. The molecule has 1 aromatic carbocycles. The van der Waals surface area contributed by atoms with Crippen LogP contribution in [-0.2, 0) is 49.2 Å². The lowest BCUT2D eigenvalue weighted by atomic mass is 9.79. The fraction of sp³-hybridized carbons (Fsp3) is 0.415. The number of nitrogens with zero attached hydrogens (tertiary/aromatic N) is 8. The lowest BCUT2D eigenvalue weighted by Gasteiger charge is -2.48. The van der Waals surface area contributed by atoms with Gasteiger partial charge in [-0.3, -0.25) is 39.1 Å². The third kappa shape index (κ3) is 8.06. The summed E-state index contributed by atoms with van der Waals surface area (Å²) in [6.07, 6.45) is 9.66. The van der Waals surface area contributed by atoms with Crippen molar-refractivity contribution in [3.63, 3.8) is 0 Å². The number of aryl methyl sites for hydroxylation is 1. The van der Waals surface area contributed by atoms with Crippen molar-refractivity contribution in [3.8, 4) is 23.0 Å². The number of aliphatic hydroxyl groups is 1. The Bertz CT molecular complexity index is 3080. The van der Waals surface area contributed by atoms with Crippen molar-refractivity contribution >= 4 is 46.6 Å². The third-order valence-corrected chi connectivity index (χ3v) is 15.1. The Balaban J connectivity index is 0.707. The van der Waals surface area contributed by atoms with E-state index in [4.69, 9.17) is 4.98 Å². The predicted molar refractivity (Wildman–Crippen MR) is 260 cm³/mol. The van der Waals surface area contributed by atoms with Gasteiger partial charge in [-0.2, -0.15) is 0 Å². The molecular formula is C53H56N10O6. The van der Waals surface area contributed by atoms with Gasteiger partial charge in [0, 0.05) is 111 Å². The molecule has 0 spiro atoms. The van der Waals surface area contributed by atoms with E-state index < -0.39 is 11.9 Å². The van der Waals surface area contributed by atoms with Gasteiger partial charge < -0.3 is 29.4 Å². The predicted octanol–water partition coefficient (Wildman–Crippen LogP) is 4.77. The van der Waals surface area contributed by atoms with Gasteiger partial charge in [-0.15, -0.1) is 0 Å². The van der Waals surface area contributed by atoms with E-state index in [9.17, 15) is 29.1 Å². The molecule has 69 heavy (non-hydrogen) atoms. The van der Waals surface area contributed by atoms with E-state index in [1.165, 1.54) is 15.8 Å². The smallest absolute Gasteiger partial charge is 0.276 e. The van der Waals surface area contributed by atoms with Crippen LogP contribution in [0.2, 0.25) is 0 Å². The Kier molecular flexibility index (Phi) is 11.0. The first-order chi connectivity index (χ1) is 33.2. The maximum absolute atomic E-state index is 14.0. The summed E-state index contributed by atoms with van der Waals surface area (Å²) in [5, 5.41) is 16.4. The first-order valence-electron chi connectivity index (χ1n) is 24.1. The average molecular weight is 929 g/mol. The highest BCUT2D eigenvalue weighted by atomic mass is 16.3. The van der Waals surface area contributed by atoms with Gasteiger partial charge in [-0.1, -0.05) is 31.8 Å². The maximum Gasteiger partial charge on any atom is 0.276 e. The van der Waals surface area contributed by atoms with Crippen LogP contribution in [0.3, 0.4) is 0 Å². The standard InChI is InChI=1S/C53H56N10O6/c1-31-27-59(38-19-33(20-38)6-5-32-7-8-34-29-63(50(67)40(34)21-32)43-10-12-47(65)57-49(43)66)15-16-60(31)37-9-11-46(55-26-37)56-42-22-36(28-58(4)51(42)68)39-13-14-54-48(41(39)30-64)62-18-17-61-44(52(62)69)23-35-24-53(2,3)25-45(35)61/h7-9,11,13-14,21-23,26,28,31,33,38,43,64H,10,12,15-20,24-25,27,29-30H2,1-4H3,(H,55,56)(H,57,65,66)/t31-,33?,38?,43?/m0/s1. The molecule has 6 aliphatic rings. The Morgan fingerprint density at radius 3 is 2.51 bits per heavy atom. The molecule has 4 amide bonds. The maximum atomic E-state index is 14.0. The van der Waals surface area contributed by atoms with E-state index in [0.717, 1.165) is 62.1 Å². The number of hydrogen-bond donors (Lipinski definition) is 3. The minimum atomic E-state index is -0.635. The zero-order chi connectivity index (χ0) is 47.9. The van der Waals surface area contributed by atoms with Gasteiger partial charge in [-0.05, 0) is 104 Å². The molecule has 11 rings (SSSR count). The average Bonchev–Trinajstić information content (AvgIpc) is 3.93. The number of amides is 4. The summed E-state index contributed by atoms with van der Waals surface area (Å²) >= 11 is 0. The van der Waals surface area contributed by atoms with Crippen molar-refractivity contribution in [1.29, 1.82) is 0 Å². The molecule has 3 N–H and O–H groups in total. The number of piperazine rings is 1. The van der Waals surface area contributed by atoms with Crippen LogP contribution in [0.5, 0.6) is 0 Å². The SMILES string of the molecule is C[C@H]1CN(C2CC(C#Cc3ccc4c(c3)C(=O)N(C3CCC(=O)NC3=O)C4)C2)CCN1c1ccc(Nc2cc(-c3ccnc(N4CCn5c(cc6c5CC(C)(C)C6)C4=O)c3CO)cn(C)c2=O)nc1. The molecule has 4 aromatic heterocycles. The van der Waals surface area contributed by atoms with E-state index in [1.54, 1.807) is 35.3 Å². The topological polar surface area (TPSA) is 178 Å². The van der Waals surface area contributed by atoms with Crippen molar-refractivity contribution in [2.75, 3.05) is 41.3 Å². The molecule has 354 valence electrons. The Morgan fingerprint density at radius 2 is 1.74 bits per heavy atom. The Morgan fingerprint density at radius 1 is 0.899 bits per heavy atom. The van der Waals surface area contributed by atoms with Gasteiger partial charge in [0.1, 0.15) is 29.1 Å². The number of piperidine rings is 1. The number of carbonyl (C=O) groups excluding carboxylic acids is 4. The lowest BCUT2D eigenvalue weighted by Crippen LogP contribution is -2.57. The molecule has 2 saturated heterocycles. The van der Waals surface area contributed by atoms with Crippen LogP contribution in [-0.4, -0.2) is 102 Å². The fourth-order valence-electron chi connectivity index (χ4n) is 11.5. The number of anilines is 4. The van der Waals surface area contributed by atoms with Gasteiger partial charge in [-0.25, -0.2) is 9.97 Å². The number of hydrogen-bond acceptors (Lipinski definition) is 11. The Labute approximate surface area is 400 Å². The van der Waals surface area contributed by atoms with Crippen LogP contribution in [0.1, 0.15) is 95.2 Å². The highest BCUT2D eigenvalue weighted by molar-refractivity contribution is 6.07. The largest absolute Gasteiger partial charge is 0.392 e. The van der Waals surface area contributed by atoms with Gasteiger partial charge in [0.15, 0.2) is 0 Å². The summed E-state index contributed by atoms with van der Waals surface area (Å²) in [7, 11) is 1.69. The van der Waals surface area contributed by atoms with Gasteiger partial charge >= 0.3 is 0 Å². The molecule has 2 aliphatic carbocycles. The van der Waals surface area contributed by atoms with Gasteiger partial charge in [0.25, 0.3) is 17.4 Å². The fourth-order valence-corrected chi connectivity index (χ4v) is 11.5. The number of aromatic nitrogens is 4. The lowest BCUT2D eigenvalue weighted by molar-refractivity contribution is -0.136. The molecule has 5 aromatic rings. The molecular weight excluding hydrogens is 873 g/mol. The molecule has 1 unspecified atom stereocenters. The summed E-state index contributed by atoms with van der Waals surface area (Å²) in [5.41, 5.74) is 8.54. The number of benzene rings is 1. The van der Waals surface area contributed by atoms with Crippen molar-refractivity contribution in [2.24, 2.45) is 18.4 Å². The minimum absolute atomic E-state index is 0.130. The van der Waals surface area contributed by atoms with E-state index >= 15 is 0 Å². The van der Waals surface area contributed by atoms with Crippen molar-refractivity contribution in [3.05, 3.63) is 117 Å². The number of rotatable bonds is 8. The Hall–Kier alpha value is -7.09. The van der Waals surface area contributed by atoms with Crippen molar-refractivity contribution < 1.29 is 24.3 Å². The zero-order valence-electron chi connectivity index (χ0n) is 39.4. The van der Waals surface area contributed by atoms with Crippen LogP contribution in [0.25, 0.3) is 11.1 Å². The number of nitrogens with one attached hydrogen (secondary N) is 2. The van der Waals surface area contributed by atoms with Gasteiger partial charge in [0.05, 0.1) is 18.5 Å². The zero-order valence-corrected chi connectivity index (χ0v) is 39.4. The van der Waals surface area contributed by atoms with E-state index in [0.29, 0.717) is 77.4 Å². The highest BCUT2D eigenvalue weighted by Crippen LogP contribution is 2.41. The van der Waals surface area contributed by atoms with Crippen molar-refractivity contribution in [2.45, 2.75) is 97.1 Å². The van der Waals surface area contributed by atoms with E-state index in [2.05, 4.69) is 62.6 Å². The van der Waals surface area contributed by atoms with Crippen LogP contribution < -0.4 is 26.0 Å². The van der Waals surface area contributed by atoms with Crippen molar-refractivity contribution in [1.82, 2.24) is 34.2 Å². The second-order valence-electron chi connectivity index (χ2n) is 20.4. The number of fused-ring (bicyclic) bond motifs is 4. The molecule has 16 nitrogen and oxygen atoms in total. The molecule has 3 fully saturated rings. The molecule has 16 heteroatoms. The second kappa shape index (κ2) is 17.1. The number of aliphatic hydroxyl groups excluding tert-OH is 1. The first-order valence-corrected chi connectivity index (χ1v) is 24.1. The third-order valence-electron chi connectivity index (χ3n) is 15.1. The van der Waals surface area contributed by atoms with Crippen LogP contribution >= 0.6 is 0 Å². The monoisotopic (exact) mass is 928 g/mol. The highest BCUT2D eigenvalue weighted by Gasteiger charge is 2.41. The first kappa shape index (κ1) is 44.4. The molecule has 4 aliphatic heterocycles. The summed E-state index contributed by atoms with van der Waals surface area (Å²) in [5.74, 6) is 6.93. The molecule has 0 bridgehead atoms. The second-order valence-corrected chi connectivity index (χ2v) is 20.4. The summed E-state index contributed by atoms with van der Waals surface area (Å²) < 4.78 is 3.67. The summed E-state index contributed by atoms with van der Waals surface area (Å²) in [6.45, 7) is 10.5. The van der Waals surface area contributed by atoms with E-state index in [1.807, 2.05) is 48.7 Å². The number of imide groups is 1. The summed E-state index contributed by atoms with van der Waals surface area (Å²) in [4.78, 5) is 82.4. The number of carbonyl (C=O) groups is 4. The molecule has 0 radical (unpaired) electrons. The van der Waals surface area contributed by atoms with Crippen LogP contribution in [0, 0.1) is 23.2 Å². The van der Waals surface area contributed by atoms with Crippen LogP contribution in [0.15, 0.2) is 71.9 Å². The van der Waals surface area contributed by atoms with E-state index in [-0.39, 0.29) is 53.7 Å². The number of pyridine rings is 3. The van der Waals surface area contributed by atoms with Gasteiger partial charge in [0.2, 0.25) is 11.8 Å². The normalized spacial score (nSPS) is 22.9. The molecule has 8 heterocycles. The quantitative estimate of drug-likeness (QED) is 0.144.